The van der Waals surface area contributed by atoms with Crippen LogP contribution in [0.25, 0.3) is 0 Å². The molecule has 0 saturated heterocycles. The second-order valence-corrected chi connectivity index (χ2v) is 5.09. The fraction of sp³-hybridized carbons (Fsp3) is 0.429. The zero-order chi connectivity index (χ0) is 12.6. The van der Waals surface area contributed by atoms with E-state index in [-0.39, 0.29) is 0 Å². The summed E-state index contributed by atoms with van der Waals surface area (Å²) in [5.41, 5.74) is 2.75. The summed E-state index contributed by atoms with van der Waals surface area (Å²) in [6, 6.07) is 4.37. The first kappa shape index (κ1) is 13.3. The number of hydrogen-bond donors (Lipinski definition) is 1. The SMILES string of the molecule is COCCNCc1ccn(CCc2ccsc2)c1. The summed E-state index contributed by atoms with van der Waals surface area (Å²) in [4.78, 5) is 0. The van der Waals surface area contributed by atoms with E-state index in [1.807, 2.05) is 0 Å². The number of rotatable bonds is 8. The molecular formula is C14H20N2OS. The van der Waals surface area contributed by atoms with Crippen LogP contribution in [0, 0.1) is 0 Å². The predicted octanol–water partition coefficient (Wildman–Crippen LogP) is 2.53. The van der Waals surface area contributed by atoms with Gasteiger partial charge in [-0.05, 0) is 40.4 Å². The molecule has 0 aliphatic heterocycles. The molecule has 2 aromatic rings. The van der Waals surface area contributed by atoms with Gasteiger partial charge in [-0.1, -0.05) is 0 Å². The highest BCUT2D eigenvalue weighted by molar-refractivity contribution is 7.07. The normalized spacial score (nSPS) is 10.9. The topological polar surface area (TPSA) is 26.2 Å². The molecule has 0 saturated carbocycles. The summed E-state index contributed by atoms with van der Waals surface area (Å²) in [5, 5.41) is 7.70. The molecule has 2 rings (SSSR count). The molecule has 4 heteroatoms. The third kappa shape index (κ3) is 4.29. The molecule has 0 spiro atoms. The van der Waals surface area contributed by atoms with Crippen molar-refractivity contribution in [2.75, 3.05) is 20.3 Å². The lowest BCUT2D eigenvalue weighted by atomic mass is 10.2. The van der Waals surface area contributed by atoms with E-state index in [4.69, 9.17) is 4.74 Å². The van der Waals surface area contributed by atoms with Crippen LogP contribution >= 0.6 is 11.3 Å². The molecule has 0 bridgehead atoms. The number of ether oxygens (including phenoxy) is 1. The quantitative estimate of drug-likeness (QED) is 0.742. The van der Waals surface area contributed by atoms with Crippen molar-refractivity contribution in [3.05, 3.63) is 46.4 Å². The second kappa shape index (κ2) is 7.36. The molecule has 0 aliphatic carbocycles. The van der Waals surface area contributed by atoms with Crippen molar-refractivity contribution in [1.82, 2.24) is 9.88 Å². The molecular weight excluding hydrogens is 244 g/mol. The van der Waals surface area contributed by atoms with E-state index in [0.29, 0.717) is 0 Å². The van der Waals surface area contributed by atoms with E-state index in [0.717, 1.165) is 32.7 Å². The van der Waals surface area contributed by atoms with Crippen LogP contribution in [0.3, 0.4) is 0 Å². The summed E-state index contributed by atoms with van der Waals surface area (Å²) in [5.74, 6) is 0. The minimum absolute atomic E-state index is 0.763. The van der Waals surface area contributed by atoms with Crippen LogP contribution in [0.15, 0.2) is 35.3 Å². The predicted molar refractivity (Wildman–Crippen MR) is 76.0 cm³/mol. The number of hydrogen-bond acceptors (Lipinski definition) is 3. The van der Waals surface area contributed by atoms with Crippen molar-refractivity contribution in [1.29, 1.82) is 0 Å². The Hall–Kier alpha value is -1.10. The largest absolute Gasteiger partial charge is 0.383 e. The molecule has 0 aliphatic rings. The molecule has 0 radical (unpaired) electrons. The van der Waals surface area contributed by atoms with Gasteiger partial charge in [-0.15, -0.1) is 0 Å². The Morgan fingerprint density at radius 1 is 1.33 bits per heavy atom. The van der Waals surface area contributed by atoms with Crippen molar-refractivity contribution in [3.8, 4) is 0 Å². The Morgan fingerprint density at radius 3 is 3.06 bits per heavy atom. The Bertz CT molecular complexity index is 436. The highest BCUT2D eigenvalue weighted by Gasteiger charge is 1.98. The maximum Gasteiger partial charge on any atom is 0.0587 e. The Kier molecular flexibility index (Phi) is 5.45. The van der Waals surface area contributed by atoms with Gasteiger partial charge >= 0.3 is 0 Å². The van der Waals surface area contributed by atoms with Gasteiger partial charge in [0.2, 0.25) is 0 Å². The molecule has 0 unspecified atom stereocenters. The maximum absolute atomic E-state index is 5.00. The minimum Gasteiger partial charge on any atom is -0.383 e. The molecule has 0 fully saturated rings. The number of nitrogens with zero attached hydrogens (tertiary/aromatic N) is 1. The molecule has 0 atom stereocenters. The van der Waals surface area contributed by atoms with Crippen LogP contribution in [0.2, 0.25) is 0 Å². The van der Waals surface area contributed by atoms with Gasteiger partial charge in [-0.2, -0.15) is 11.3 Å². The lowest BCUT2D eigenvalue weighted by Crippen LogP contribution is -2.18. The molecule has 0 amide bonds. The van der Waals surface area contributed by atoms with Crippen LogP contribution in [0.4, 0.5) is 0 Å². The summed E-state index contributed by atoms with van der Waals surface area (Å²) >= 11 is 1.76. The Morgan fingerprint density at radius 2 is 2.28 bits per heavy atom. The van der Waals surface area contributed by atoms with Crippen molar-refractivity contribution in [2.24, 2.45) is 0 Å². The van der Waals surface area contributed by atoms with Crippen molar-refractivity contribution >= 4 is 11.3 Å². The van der Waals surface area contributed by atoms with E-state index >= 15 is 0 Å². The monoisotopic (exact) mass is 264 g/mol. The number of aryl methyl sites for hydroxylation is 2. The Labute approximate surface area is 112 Å². The molecule has 2 aromatic heterocycles. The van der Waals surface area contributed by atoms with Crippen molar-refractivity contribution < 1.29 is 4.74 Å². The maximum atomic E-state index is 5.00. The highest BCUT2D eigenvalue weighted by atomic mass is 32.1. The molecule has 0 aromatic carbocycles. The van der Waals surface area contributed by atoms with Gasteiger partial charge in [0, 0.05) is 39.1 Å². The molecule has 2 heterocycles. The van der Waals surface area contributed by atoms with E-state index < -0.39 is 0 Å². The minimum atomic E-state index is 0.763. The van der Waals surface area contributed by atoms with E-state index in [1.54, 1.807) is 18.4 Å². The average Bonchev–Trinajstić information content (AvgIpc) is 3.03. The fourth-order valence-corrected chi connectivity index (χ4v) is 2.54. The van der Waals surface area contributed by atoms with Gasteiger partial charge in [0.25, 0.3) is 0 Å². The van der Waals surface area contributed by atoms with Crippen LogP contribution < -0.4 is 5.32 Å². The van der Waals surface area contributed by atoms with E-state index in [1.165, 1.54) is 11.1 Å². The number of thiophene rings is 1. The van der Waals surface area contributed by atoms with Crippen LogP contribution in [0.5, 0.6) is 0 Å². The van der Waals surface area contributed by atoms with E-state index in [9.17, 15) is 0 Å². The van der Waals surface area contributed by atoms with Gasteiger partial charge in [-0.25, -0.2) is 0 Å². The van der Waals surface area contributed by atoms with Gasteiger partial charge in [-0.3, -0.25) is 0 Å². The third-order valence-corrected chi connectivity index (χ3v) is 3.59. The standard InChI is InChI=1S/C14H20N2OS/c1-17-8-5-15-10-14-3-7-16(11-14)6-2-13-4-9-18-12-13/h3-4,7,9,11-12,15H,2,5-6,8,10H2,1H3. The average molecular weight is 264 g/mol. The molecule has 98 valence electrons. The lowest BCUT2D eigenvalue weighted by Gasteiger charge is -2.02. The third-order valence-electron chi connectivity index (χ3n) is 2.86. The zero-order valence-electron chi connectivity index (χ0n) is 10.8. The summed E-state index contributed by atoms with van der Waals surface area (Å²) < 4.78 is 7.25. The Balaban J connectivity index is 1.72. The van der Waals surface area contributed by atoms with Gasteiger partial charge in [0.15, 0.2) is 0 Å². The first-order chi connectivity index (χ1) is 8.88. The fourth-order valence-electron chi connectivity index (χ4n) is 1.83. The lowest BCUT2D eigenvalue weighted by molar-refractivity contribution is 0.199. The first-order valence-electron chi connectivity index (χ1n) is 6.24. The summed E-state index contributed by atoms with van der Waals surface area (Å²) in [6.07, 6.45) is 5.47. The number of nitrogens with one attached hydrogen (secondary N) is 1. The van der Waals surface area contributed by atoms with Gasteiger partial charge < -0.3 is 14.6 Å². The molecule has 18 heavy (non-hydrogen) atoms. The zero-order valence-corrected chi connectivity index (χ0v) is 11.6. The summed E-state index contributed by atoms with van der Waals surface area (Å²) in [6.45, 7) is 3.62. The van der Waals surface area contributed by atoms with Crippen LogP contribution in [-0.4, -0.2) is 24.8 Å². The first-order valence-corrected chi connectivity index (χ1v) is 7.18. The highest BCUT2D eigenvalue weighted by Crippen LogP contribution is 2.08. The van der Waals surface area contributed by atoms with Crippen LogP contribution in [0.1, 0.15) is 11.1 Å². The number of methoxy groups -OCH3 is 1. The van der Waals surface area contributed by atoms with Gasteiger partial charge in [0.05, 0.1) is 6.61 Å². The summed E-state index contributed by atoms with van der Waals surface area (Å²) in [7, 11) is 1.72. The van der Waals surface area contributed by atoms with Crippen LogP contribution in [-0.2, 0) is 24.2 Å². The van der Waals surface area contributed by atoms with Crippen molar-refractivity contribution in [3.63, 3.8) is 0 Å². The second-order valence-electron chi connectivity index (χ2n) is 4.31. The number of aromatic nitrogens is 1. The van der Waals surface area contributed by atoms with Gasteiger partial charge in [0.1, 0.15) is 0 Å². The smallest absolute Gasteiger partial charge is 0.0587 e. The van der Waals surface area contributed by atoms with E-state index in [2.05, 4.69) is 45.2 Å². The molecule has 1 N–H and O–H groups in total. The van der Waals surface area contributed by atoms with Crippen molar-refractivity contribution in [2.45, 2.75) is 19.5 Å². The molecule has 3 nitrogen and oxygen atoms in total.